The molecule has 0 fully saturated rings. The Morgan fingerprint density at radius 2 is 1.53 bits per heavy atom. The lowest BCUT2D eigenvalue weighted by molar-refractivity contribution is -0.605. The number of rotatable bonds is 3. The maximum Gasteiger partial charge on any atom is 0.365 e. The first-order valence-corrected chi connectivity index (χ1v) is 6.86. The highest BCUT2D eigenvalue weighted by Gasteiger charge is 2.25. The molecule has 0 amide bonds. The van der Waals surface area contributed by atoms with E-state index in [1.807, 2.05) is 42.5 Å². The predicted molar refractivity (Wildman–Crippen MR) is 56.9 cm³/mol. The van der Waals surface area contributed by atoms with Gasteiger partial charge in [-0.3, -0.25) is 10.1 Å². The van der Waals surface area contributed by atoms with Crippen molar-refractivity contribution < 1.29 is 50.1 Å². The number of hydrogen-bond donors (Lipinski definition) is 0. The van der Waals surface area contributed by atoms with Crippen LogP contribution in [0.2, 0.25) is 0 Å². The number of para-hydroxylation sites is 1. The van der Waals surface area contributed by atoms with E-state index in [1.54, 1.807) is 12.1 Å². The fourth-order valence-corrected chi connectivity index (χ4v) is 3.76. The molecule has 0 bridgehead atoms. The van der Waals surface area contributed by atoms with E-state index in [4.69, 9.17) is 0 Å². The van der Waals surface area contributed by atoms with Crippen molar-refractivity contribution >= 4 is 5.69 Å². The van der Waals surface area contributed by atoms with Crippen LogP contribution in [-0.4, -0.2) is 4.92 Å². The number of nitro benzene ring substituents is 1. The summed E-state index contributed by atoms with van der Waals surface area (Å²) in [4.78, 5) is 10.5. The van der Waals surface area contributed by atoms with Crippen LogP contribution >= 0.6 is 0 Å². The van der Waals surface area contributed by atoms with E-state index in [0.717, 1.165) is 3.57 Å². The van der Waals surface area contributed by atoms with E-state index in [0.29, 0.717) is 0 Å². The van der Waals surface area contributed by atoms with Crippen molar-refractivity contribution in [1.29, 1.82) is 0 Å². The summed E-state index contributed by atoms with van der Waals surface area (Å²) in [5, 5.41) is 10.8. The van der Waals surface area contributed by atoms with Gasteiger partial charge in [-0.2, -0.15) is 0 Å². The van der Waals surface area contributed by atoms with Gasteiger partial charge in [0.25, 0.3) is 3.57 Å². The van der Waals surface area contributed by atoms with Gasteiger partial charge in [-0.05, 0) is 18.2 Å². The van der Waals surface area contributed by atoms with Crippen LogP contribution in [0.4, 0.5) is 5.69 Å². The quantitative estimate of drug-likeness (QED) is 0.279. The summed E-state index contributed by atoms with van der Waals surface area (Å²) in [6.07, 6.45) is 0. The van der Waals surface area contributed by atoms with Crippen LogP contribution in [0.25, 0.3) is 0 Å². The number of halogens is 2. The minimum Gasteiger partial charge on any atom is -1.00 e. The summed E-state index contributed by atoms with van der Waals surface area (Å²) in [5.41, 5.74) is 0.235. The van der Waals surface area contributed by atoms with Gasteiger partial charge >= 0.3 is 26.9 Å². The number of nitrogens with zero attached hydrogens (tertiary/aromatic N) is 1. The summed E-state index contributed by atoms with van der Waals surface area (Å²) in [6, 6.07) is 16.9. The zero-order valence-corrected chi connectivity index (χ0v) is 13.0. The fraction of sp³-hybridized carbons (Fsp3) is 0. The van der Waals surface area contributed by atoms with Crippen molar-refractivity contribution in [3.63, 3.8) is 0 Å². The van der Waals surface area contributed by atoms with Gasteiger partial charge in [0, 0.05) is 6.07 Å². The molecule has 0 heterocycles. The Morgan fingerprint density at radius 1 is 0.941 bits per heavy atom. The highest BCUT2D eigenvalue weighted by Crippen LogP contribution is 2.08. The van der Waals surface area contributed by atoms with E-state index in [1.165, 1.54) is 3.57 Å². The molecule has 2 aromatic rings. The largest absolute Gasteiger partial charge is 1.00 e. The van der Waals surface area contributed by atoms with Crippen molar-refractivity contribution in [1.82, 2.24) is 0 Å². The first kappa shape index (κ1) is 14.4. The van der Waals surface area contributed by atoms with Gasteiger partial charge in [-0.25, -0.2) is 0 Å². The standard InChI is InChI=1S/C12H9INO2.HI/c15-14(16)12-9-5-4-8-11(12)13-10-6-2-1-3-7-10;/h1-9H;1H/q+1;/p-1. The molecule has 2 aromatic carbocycles. The highest BCUT2D eigenvalue weighted by molar-refractivity contribution is 5.27. The lowest BCUT2D eigenvalue weighted by atomic mass is 10.3. The van der Waals surface area contributed by atoms with Gasteiger partial charge in [0.1, 0.15) is 0 Å². The molecule has 3 nitrogen and oxygen atoms in total. The second-order valence-corrected chi connectivity index (χ2v) is 6.05. The Bertz CT molecular complexity index is 503. The predicted octanol–water partition coefficient (Wildman–Crippen LogP) is -3.27. The van der Waals surface area contributed by atoms with Crippen molar-refractivity contribution in [3.8, 4) is 0 Å². The second-order valence-electron chi connectivity index (χ2n) is 3.10. The molecule has 0 aromatic heterocycles. The van der Waals surface area contributed by atoms with Gasteiger partial charge < -0.3 is 24.0 Å². The highest BCUT2D eigenvalue weighted by atomic mass is 127. The van der Waals surface area contributed by atoms with Crippen LogP contribution in [0.5, 0.6) is 0 Å². The summed E-state index contributed by atoms with van der Waals surface area (Å²) in [6.45, 7) is 0. The van der Waals surface area contributed by atoms with E-state index >= 15 is 0 Å². The first-order chi connectivity index (χ1) is 7.77. The van der Waals surface area contributed by atoms with Crippen molar-refractivity contribution in [3.05, 3.63) is 71.9 Å². The minimum atomic E-state index is -0.468. The molecule has 0 N–H and O–H groups in total. The molecular formula is C12H9I2NO2. The van der Waals surface area contributed by atoms with Crippen LogP contribution in [0, 0.1) is 17.3 Å². The number of benzene rings is 2. The average molecular weight is 453 g/mol. The van der Waals surface area contributed by atoms with Gasteiger partial charge in [-0.15, -0.1) is 0 Å². The third kappa shape index (κ3) is 3.91. The van der Waals surface area contributed by atoms with Crippen LogP contribution in [0.3, 0.4) is 0 Å². The van der Waals surface area contributed by atoms with Gasteiger partial charge in [0.2, 0.25) is 0 Å². The summed E-state index contributed by atoms with van der Waals surface area (Å²) in [5.74, 6) is 0. The Hall–Kier alpha value is -0.700. The molecule has 0 aliphatic heterocycles. The minimum absolute atomic E-state index is 0. The molecule has 17 heavy (non-hydrogen) atoms. The second kappa shape index (κ2) is 6.90. The Morgan fingerprint density at radius 3 is 2.18 bits per heavy atom. The molecule has 0 radical (unpaired) electrons. The molecule has 5 heteroatoms. The maximum absolute atomic E-state index is 10.8. The molecule has 0 atom stereocenters. The topological polar surface area (TPSA) is 43.1 Å². The molecule has 0 saturated heterocycles. The van der Waals surface area contributed by atoms with E-state index in [2.05, 4.69) is 0 Å². The van der Waals surface area contributed by atoms with E-state index in [9.17, 15) is 10.1 Å². The maximum atomic E-state index is 10.8. The SMILES string of the molecule is O=[N+]([O-])c1ccccc1[I+]c1ccccc1.[I-]. The Balaban J connectivity index is 0.00000144. The third-order valence-electron chi connectivity index (χ3n) is 1.99. The Labute approximate surface area is 127 Å². The van der Waals surface area contributed by atoms with Gasteiger partial charge in [0.05, 0.1) is 4.92 Å². The molecule has 0 unspecified atom stereocenters. The molecule has 0 aliphatic rings. The molecule has 0 aliphatic carbocycles. The fourth-order valence-electron chi connectivity index (χ4n) is 1.27. The zero-order chi connectivity index (χ0) is 11.4. The molecule has 0 saturated carbocycles. The summed E-state index contributed by atoms with van der Waals surface area (Å²) >= 11 is -0.468. The molecule has 2 rings (SSSR count). The monoisotopic (exact) mass is 453 g/mol. The molecular weight excluding hydrogens is 444 g/mol. The number of nitro groups is 1. The Kier molecular flexibility index (Phi) is 5.83. The van der Waals surface area contributed by atoms with Crippen molar-refractivity contribution in [2.75, 3.05) is 0 Å². The molecule has 0 spiro atoms. The van der Waals surface area contributed by atoms with E-state index in [-0.39, 0.29) is 34.6 Å². The van der Waals surface area contributed by atoms with Crippen LogP contribution in [0.15, 0.2) is 54.6 Å². The van der Waals surface area contributed by atoms with E-state index < -0.39 is 21.2 Å². The number of hydrogen-bond acceptors (Lipinski definition) is 2. The smallest absolute Gasteiger partial charge is 0.365 e. The van der Waals surface area contributed by atoms with Crippen LogP contribution in [0.1, 0.15) is 0 Å². The van der Waals surface area contributed by atoms with Crippen LogP contribution < -0.4 is 45.2 Å². The van der Waals surface area contributed by atoms with Crippen molar-refractivity contribution in [2.24, 2.45) is 0 Å². The lowest BCUT2D eigenvalue weighted by Gasteiger charge is -1.90. The van der Waals surface area contributed by atoms with Crippen LogP contribution in [-0.2, 0) is 0 Å². The first-order valence-electron chi connectivity index (χ1n) is 4.70. The summed E-state index contributed by atoms with van der Waals surface area (Å²) in [7, 11) is 0. The molecule has 88 valence electrons. The normalized spacial score (nSPS) is 9.41. The average Bonchev–Trinajstić information content (AvgIpc) is 2.31. The summed E-state index contributed by atoms with van der Waals surface area (Å²) < 4.78 is 2.05. The zero-order valence-electron chi connectivity index (χ0n) is 8.72. The van der Waals surface area contributed by atoms with Gasteiger partial charge in [-0.1, -0.05) is 30.3 Å². The lowest BCUT2D eigenvalue weighted by Crippen LogP contribution is -3.61. The van der Waals surface area contributed by atoms with Gasteiger partial charge in [0.15, 0.2) is 3.57 Å². The third-order valence-corrected chi connectivity index (χ3v) is 4.83. The van der Waals surface area contributed by atoms with Crippen molar-refractivity contribution in [2.45, 2.75) is 0 Å².